The maximum absolute atomic E-state index is 5.86. The minimum atomic E-state index is 0.416. The van der Waals surface area contributed by atoms with Crippen LogP contribution in [0, 0.1) is 17.8 Å². The zero-order valence-electron chi connectivity index (χ0n) is 8.01. The summed E-state index contributed by atoms with van der Waals surface area (Å²) in [4.78, 5) is 0. The Morgan fingerprint density at radius 2 is 1.64 bits per heavy atom. The third-order valence-electron chi connectivity index (χ3n) is 3.20. The van der Waals surface area contributed by atoms with E-state index in [1.807, 2.05) is 0 Å². The predicted octanol–water partition coefficient (Wildman–Crippen LogP) is 2.41. The first kappa shape index (κ1) is 9.05. The van der Waals surface area contributed by atoms with E-state index in [1.54, 1.807) is 0 Å². The molecule has 0 aromatic carbocycles. The van der Waals surface area contributed by atoms with E-state index < -0.39 is 0 Å². The van der Waals surface area contributed by atoms with Crippen LogP contribution in [-0.2, 0) is 0 Å². The van der Waals surface area contributed by atoms with Gasteiger partial charge in [0, 0.05) is 6.04 Å². The molecule has 1 aliphatic rings. The summed E-state index contributed by atoms with van der Waals surface area (Å²) in [6.45, 7) is 6.80. The highest BCUT2D eigenvalue weighted by Crippen LogP contribution is 2.36. The van der Waals surface area contributed by atoms with Crippen molar-refractivity contribution in [1.29, 1.82) is 0 Å². The van der Waals surface area contributed by atoms with Crippen molar-refractivity contribution in [2.75, 3.05) is 0 Å². The summed E-state index contributed by atoms with van der Waals surface area (Å²) in [6, 6.07) is 0.416. The van der Waals surface area contributed by atoms with Crippen LogP contribution in [0.4, 0.5) is 0 Å². The van der Waals surface area contributed by atoms with Crippen LogP contribution >= 0.6 is 0 Å². The number of hydrogen-bond donors (Lipinski definition) is 1. The van der Waals surface area contributed by atoms with E-state index in [0.29, 0.717) is 6.04 Å². The summed E-state index contributed by atoms with van der Waals surface area (Å²) >= 11 is 0. The Labute approximate surface area is 70.4 Å². The van der Waals surface area contributed by atoms with Crippen LogP contribution in [0.2, 0.25) is 0 Å². The summed E-state index contributed by atoms with van der Waals surface area (Å²) in [5.41, 5.74) is 5.86. The molecule has 0 radical (unpaired) electrons. The average Bonchev–Trinajstić information content (AvgIpc) is 2.33. The molecule has 3 atom stereocenters. The molecule has 1 rings (SSSR count). The van der Waals surface area contributed by atoms with Crippen molar-refractivity contribution in [3.63, 3.8) is 0 Å². The van der Waals surface area contributed by atoms with E-state index in [1.165, 1.54) is 19.3 Å². The van der Waals surface area contributed by atoms with Crippen LogP contribution in [0.1, 0.15) is 40.0 Å². The summed E-state index contributed by atoms with van der Waals surface area (Å²) in [7, 11) is 0. The predicted molar refractivity (Wildman–Crippen MR) is 49.3 cm³/mol. The van der Waals surface area contributed by atoms with Gasteiger partial charge in [-0.2, -0.15) is 0 Å². The first-order valence-electron chi connectivity index (χ1n) is 4.87. The van der Waals surface area contributed by atoms with Gasteiger partial charge in [-0.25, -0.2) is 0 Å². The van der Waals surface area contributed by atoms with Gasteiger partial charge in [0.05, 0.1) is 0 Å². The van der Waals surface area contributed by atoms with E-state index in [0.717, 1.165) is 17.8 Å². The molecule has 0 spiro atoms. The van der Waals surface area contributed by atoms with E-state index in [9.17, 15) is 0 Å². The van der Waals surface area contributed by atoms with Crippen LogP contribution in [0.25, 0.3) is 0 Å². The smallest absolute Gasteiger partial charge is 0.00388 e. The molecule has 66 valence electrons. The zero-order chi connectivity index (χ0) is 8.43. The molecule has 1 heteroatoms. The first-order chi connectivity index (χ1) is 5.11. The lowest BCUT2D eigenvalue weighted by atomic mass is 9.92. The number of hydrogen-bond acceptors (Lipinski definition) is 1. The van der Waals surface area contributed by atoms with Gasteiger partial charge in [-0.05, 0) is 43.9 Å². The summed E-state index contributed by atoms with van der Waals surface area (Å²) < 4.78 is 0. The lowest BCUT2D eigenvalue weighted by Crippen LogP contribution is -2.24. The van der Waals surface area contributed by atoms with Crippen molar-refractivity contribution in [2.24, 2.45) is 23.5 Å². The molecule has 2 N–H and O–H groups in total. The van der Waals surface area contributed by atoms with E-state index in [4.69, 9.17) is 5.73 Å². The summed E-state index contributed by atoms with van der Waals surface area (Å²) in [5, 5.41) is 0. The molecule has 0 aliphatic heterocycles. The van der Waals surface area contributed by atoms with Gasteiger partial charge in [0.2, 0.25) is 0 Å². The molecule has 1 fully saturated rings. The highest BCUT2D eigenvalue weighted by molar-refractivity contribution is 4.81. The number of rotatable bonds is 2. The van der Waals surface area contributed by atoms with Crippen molar-refractivity contribution in [2.45, 2.75) is 46.1 Å². The van der Waals surface area contributed by atoms with E-state index in [-0.39, 0.29) is 0 Å². The van der Waals surface area contributed by atoms with Gasteiger partial charge < -0.3 is 5.73 Å². The topological polar surface area (TPSA) is 26.0 Å². The Hall–Kier alpha value is -0.0400. The Bertz CT molecular complexity index is 104. The van der Waals surface area contributed by atoms with Crippen LogP contribution < -0.4 is 5.73 Å². The second-order valence-corrected chi connectivity index (χ2v) is 4.44. The quantitative estimate of drug-likeness (QED) is 0.651. The monoisotopic (exact) mass is 155 g/mol. The highest BCUT2D eigenvalue weighted by atomic mass is 14.6. The SMILES string of the molecule is CC(C)C1CCC(C(C)N)C1. The molecule has 0 heterocycles. The van der Waals surface area contributed by atoms with E-state index >= 15 is 0 Å². The summed E-state index contributed by atoms with van der Waals surface area (Å²) in [5.74, 6) is 2.62. The van der Waals surface area contributed by atoms with Crippen molar-refractivity contribution < 1.29 is 0 Å². The maximum atomic E-state index is 5.86. The van der Waals surface area contributed by atoms with Gasteiger partial charge in [-0.15, -0.1) is 0 Å². The molecule has 3 unspecified atom stereocenters. The van der Waals surface area contributed by atoms with Gasteiger partial charge in [-0.1, -0.05) is 13.8 Å². The first-order valence-corrected chi connectivity index (χ1v) is 4.87. The Balaban J connectivity index is 2.35. The lowest BCUT2D eigenvalue weighted by molar-refractivity contribution is 0.363. The van der Waals surface area contributed by atoms with Crippen molar-refractivity contribution in [3.05, 3.63) is 0 Å². The van der Waals surface area contributed by atoms with Crippen molar-refractivity contribution in [3.8, 4) is 0 Å². The van der Waals surface area contributed by atoms with Crippen molar-refractivity contribution in [1.82, 2.24) is 0 Å². The fourth-order valence-corrected chi connectivity index (χ4v) is 2.14. The molecular weight excluding hydrogens is 134 g/mol. The van der Waals surface area contributed by atoms with Crippen LogP contribution in [0.3, 0.4) is 0 Å². The van der Waals surface area contributed by atoms with Gasteiger partial charge in [0.25, 0.3) is 0 Å². The molecule has 1 aliphatic carbocycles. The third kappa shape index (κ3) is 2.19. The number of nitrogens with two attached hydrogens (primary N) is 1. The Morgan fingerprint density at radius 1 is 1.09 bits per heavy atom. The fraction of sp³-hybridized carbons (Fsp3) is 1.00. The van der Waals surface area contributed by atoms with Crippen LogP contribution in [-0.4, -0.2) is 6.04 Å². The van der Waals surface area contributed by atoms with E-state index in [2.05, 4.69) is 20.8 Å². The highest BCUT2D eigenvalue weighted by Gasteiger charge is 2.28. The lowest BCUT2D eigenvalue weighted by Gasteiger charge is -2.16. The van der Waals surface area contributed by atoms with Crippen LogP contribution in [0.5, 0.6) is 0 Å². The molecule has 0 aromatic heterocycles. The zero-order valence-corrected chi connectivity index (χ0v) is 8.01. The minimum absolute atomic E-state index is 0.416. The molecule has 0 aromatic rings. The average molecular weight is 155 g/mol. The molecule has 0 amide bonds. The molecule has 1 saturated carbocycles. The third-order valence-corrected chi connectivity index (χ3v) is 3.20. The molecule has 11 heavy (non-hydrogen) atoms. The largest absolute Gasteiger partial charge is 0.328 e. The van der Waals surface area contributed by atoms with Crippen LogP contribution in [0.15, 0.2) is 0 Å². The second-order valence-electron chi connectivity index (χ2n) is 4.44. The molecule has 0 saturated heterocycles. The molecule has 0 bridgehead atoms. The van der Waals surface area contributed by atoms with Gasteiger partial charge in [-0.3, -0.25) is 0 Å². The Morgan fingerprint density at radius 3 is 1.91 bits per heavy atom. The fourth-order valence-electron chi connectivity index (χ4n) is 2.14. The maximum Gasteiger partial charge on any atom is 0.00388 e. The van der Waals surface area contributed by atoms with Gasteiger partial charge >= 0.3 is 0 Å². The van der Waals surface area contributed by atoms with Gasteiger partial charge in [0.1, 0.15) is 0 Å². The molecule has 1 nitrogen and oxygen atoms in total. The second kappa shape index (κ2) is 3.57. The normalized spacial score (nSPS) is 34.6. The van der Waals surface area contributed by atoms with Crippen molar-refractivity contribution >= 4 is 0 Å². The standard InChI is InChI=1S/C10H21N/c1-7(2)9-4-5-10(6-9)8(3)11/h7-10H,4-6,11H2,1-3H3. The Kier molecular flexibility index (Phi) is 2.94. The summed E-state index contributed by atoms with van der Waals surface area (Å²) in [6.07, 6.45) is 4.14. The minimum Gasteiger partial charge on any atom is -0.328 e. The van der Waals surface area contributed by atoms with Gasteiger partial charge in [0.15, 0.2) is 0 Å². The molecular formula is C10H21N.